The molecule has 118 valence electrons. The molecule has 0 aliphatic carbocycles. The molecular formula is C13H15N3O6. The van der Waals surface area contributed by atoms with Crippen molar-refractivity contribution in [1.82, 2.24) is 9.88 Å². The van der Waals surface area contributed by atoms with E-state index in [9.17, 15) is 24.8 Å². The molecule has 1 aromatic heterocycles. The van der Waals surface area contributed by atoms with E-state index in [0.717, 1.165) is 17.2 Å². The maximum absolute atomic E-state index is 12.6. The molecule has 1 N–H and O–H groups in total. The number of pyridine rings is 1. The number of carboxylic acid groups (broad SMARTS) is 1. The van der Waals surface area contributed by atoms with Crippen molar-refractivity contribution < 1.29 is 24.4 Å². The van der Waals surface area contributed by atoms with E-state index in [2.05, 4.69) is 4.98 Å². The molecule has 9 nitrogen and oxygen atoms in total. The number of aliphatic carboxylic acids is 1. The summed E-state index contributed by atoms with van der Waals surface area (Å²) >= 11 is 0. The van der Waals surface area contributed by atoms with Crippen LogP contribution < -0.4 is 0 Å². The lowest BCUT2D eigenvalue weighted by Gasteiger charge is -2.21. The highest BCUT2D eigenvalue weighted by Gasteiger charge is 2.40. The van der Waals surface area contributed by atoms with Gasteiger partial charge < -0.3 is 14.7 Å². The van der Waals surface area contributed by atoms with Crippen LogP contribution >= 0.6 is 0 Å². The Labute approximate surface area is 125 Å². The van der Waals surface area contributed by atoms with Gasteiger partial charge in [-0.2, -0.15) is 0 Å². The Morgan fingerprint density at radius 1 is 1.55 bits per heavy atom. The highest BCUT2D eigenvalue weighted by atomic mass is 16.6. The molecule has 1 aliphatic heterocycles. The predicted octanol–water partition coefficient (Wildman–Crippen LogP) is 0.612. The summed E-state index contributed by atoms with van der Waals surface area (Å²) in [5.74, 6) is -1.73. The van der Waals surface area contributed by atoms with Crippen molar-refractivity contribution in [3.05, 3.63) is 33.6 Å². The molecule has 1 aliphatic rings. The number of nitro groups is 1. The van der Waals surface area contributed by atoms with E-state index < -0.39 is 22.8 Å². The molecule has 1 fully saturated rings. The molecule has 0 saturated carbocycles. The lowest BCUT2D eigenvalue weighted by Crippen LogP contribution is -2.41. The fraction of sp³-hybridized carbons (Fsp3) is 0.462. The van der Waals surface area contributed by atoms with Gasteiger partial charge in [0.25, 0.3) is 11.6 Å². The zero-order valence-corrected chi connectivity index (χ0v) is 12.1. The fourth-order valence-electron chi connectivity index (χ4n) is 2.42. The number of amides is 1. The van der Waals surface area contributed by atoms with Gasteiger partial charge in [-0.3, -0.25) is 19.9 Å². The van der Waals surface area contributed by atoms with Crippen LogP contribution in [0.4, 0.5) is 5.69 Å². The number of aromatic nitrogens is 1. The largest absolute Gasteiger partial charge is 0.480 e. The average molecular weight is 309 g/mol. The molecule has 1 saturated heterocycles. The van der Waals surface area contributed by atoms with Crippen LogP contribution in [0.25, 0.3) is 0 Å². The quantitative estimate of drug-likeness (QED) is 0.638. The Kier molecular flexibility index (Phi) is 4.36. The first kappa shape index (κ1) is 15.8. The molecule has 2 unspecified atom stereocenters. The summed E-state index contributed by atoms with van der Waals surface area (Å²) in [5, 5.41) is 20.0. The Morgan fingerprint density at radius 2 is 2.23 bits per heavy atom. The second kappa shape index (κ2) is 6.06. The standard InChI is InChI=1S/C13H15N3O6/c1-7-10(3-8(5-14-7)16(20)21)12(17)15-6-9(22-2)4-11(15)13(18)19/h3,5,9,11H,4,6H2,1-2H3,(H,18,19). The Hall–Kier alpha value is -2.55. The number of hydrogen-bond acceptors (Lipinski definition) is 6. The predicted molar refractivity (Wildman–Crippen MR) is 73.5 cm³/mol. The van der Waals surface area contributed by atoms with Crippen molar-refractivity contribution in [2.24, 2.45) is 0 Å². The van der Waals surface area contributed by atoms with Crippen molar-refractivity contribution in [2.75, 3.05) is 13.7 Å². The number of methoxy groups -OCH3 is 1. The summed E-state index contributed by atoms with van der Waals surface area (Å²) in [6.45, 7) is 1.66. The van der Waals surface area contributed by atoms with E-state index in [-0.39, 0.29) is 30.3 Å². The summed E-state index contributed by atoms with van der Waals surface area (Å²) in [4.78, 5) is 39.0. The second-order valence-electron chi connectivity index (χ2n) is 4.99. The van der Waals surface area contributed by atoms with E-state index >= 15 is 0 Å². The SMILES string of the molecule is COC1CC(C(=O)O)N(C(=O)c2cc([N+](=O)[O-])cnc2C)C1. The van der Waals surface area contributed by atoms with Gasteiger partial charge in [0.1, 0.15) is 12.2 Å². The molecule has 2 heterocycles. The summed E-state index contributed by atoms with van der Waals surface area (Å²) < 4.78 is 5.12. The summed E-state index contributed by atoms with van der Waals surface area (Å²) in [6.07, 6.45) is 0.860. The zero-order chi connectivity index (χ0) is 16.4. The first-order valence-electron chi connectivity index (χ1n) is 6.52. The minimum atomic E-state index is -1.14. The second-order valence-corrected chi connectivity index (χ2v) is 4.99. The van der Waals surface area contributed by atoms with Crippen LogP contribution in [0.15, 0.2) is 12.3 Å². The number of carbonyl (C=O) groups excluding carboxylic acids is 1. The number of carboxylic acids is 1. The van der Waals surface area contributed by atoms with E-state index in [1.165, 1.54) is 14.0 Å². The molecule has 0 radical (unpaired) electrons. The van der Waals surface area contributed by atoms with Crippen LogP contribution in [0, 0.1) is 17.0 Å². The average Bonchev–Trinajstić information content (AvgIpc) is 2.91. The van der Waals surface area contributed by atoms with E-state index in [0.29, 0.717) is 5.69 Å². The summed E-state index contributed by atoms with van der Waals surface area (Å²) in [6, 6.07) is 0.0973. The van der Waals surface area contributed by atoms with Crippen molar-refractivity contribution in [3.8, 4) is 0 Å². The smallest absolute Gasteiger partial charge is 0.326 e. The first-order valence-corrected chi connectivity index (χ1v) is 6.52. The Bertz CT molecular complexity index is 632. The highest BCUT2D eigenvalue weighted by molar-refractivity contribution is 5.98. The number of hydrogen-bond donors (Lipinski definition) is 1. The van der Waals surface area contributed by atoms with Crippen molar-refractivity contribution in [3.63, 3.8) is 0 Å². The third-order valence-corrected chi connectivity index (χ3v) is 3.66. The lowest BCUT2D eigenvalue weighted by molar-refractivity contribution is -0.385. The minimum absolute atomic E-state index is 0.0252. The van der Waals surface area contributed by atoms with Crippen molar-refractivity contribution in [2.45, 2.75) is 25.5 Å². The topological polar surface area (TPSA) is 123 Å². The first-order chi connectivity index (χ1) is 10.3. The third-order valence-electron chi connectivity index (χ3n) is 3.66. The number of rotatable bonds is 4. The number of aryl methyl sites for hydroxylation is 1. The van der Waals surface area contributed by atoms with Crippen LogP contribution in [-0.4, -0.2) is 57.6 Å². The van der Waals surface area contributed by atoms with E-state index in [1.54, 1.807) is 0 Å². The van der Waals surface area contributed by atoms with E-state index in [4.69, 9.17) is 4.74 Å². The van der Waals surface area contributed by atoms with Gasteiger partial charge in [-0.25, -0.2) is 4.79 Å². The third kappa shape index (κ3) is 2.89. The summed E-state index contributed by atoms with van der Waals surface area (Å²) in [5.41, 5.74) is 0.0149. The van der Waals surface area contributed by atoms with Gasteiger partial charge in [0.2, 0.25) is 0 Å². The molecule has 0 spiro atoms. The fourth-order valence-corrected chi connectivity index (χ4v) is 2.42. The van der Waals surface area contributed by atoms with Gasteiger partial charge in [0, 0.05) is 26.1 Å². The van der Waals surface area contributed by atoms with Gasteiger partial charge in [0.15, 0.2) is 0 Å². The maximum atomic E-state index is 12.6. The van der Waals surface area contributed by atoms with Crippen LogP contribution in [0.2, 0.25) is 0 Å². The number of carbonyl (C=O) groups is 2. The number of ether oxygens (including phenoxy) is 1. The Morgan fingerprint density at radius 3 is 2.77 bits per heavy atom. The van der Waals surface area contributed by atoms with Crippen molar-refractivity contribution >= 4 is 17.6 Å². The normalized spacial score (nSPS) is 20.9. The van der Waals surface area contributed by atoms with Gasteiger partial charge in [-0.1, -0.05) is 0 Å². The summed E-state index contributed by atoms with van der Waals surface area (Å²) in [7, 11) is 1.44. The lowest BCUT2D eigenvalue weighted by atomic mass is 10.1. The molecule has 0 aromatic carbocycles. The molecule has 0 bridgehead atoms. The van der Waals surface area contributed by atoms with Gasteiger partial charge >= 0.3 is 5.97 Å². The zero-order valence-electron chi connectivity index (χ0n) is 12.1. The molecule has 1 amide bonds. The van der Waals surface area contributed by atoms with Gasteiger partial charge in [-0.15, -0.1) is 0 Å². The minimum Gasteiger partial charge on any atom is -0.480 e. The van der Waals surface area contributed by atoms with Crippen molar-refractivity contribution in [1.29, 1.82) is 0 Å². The molecular weight excluding hydrogens is 294 g/mol. The van der Waals surface area contributed by atoms with Crippen LogP contribution in [0.1, 0.15) is 22.5 Å². The molecule has 22 heavy (non-hydrogen) atoms. The highest BCUT2D eigenvalue weighted by Crippen LogP contribution is 2.24. The van der Waals surface area contributed by atoms with Gasteiger partial charge in [-0.05, 0) is 6.92 Å². The number of nitrogens with zero attached hydrogens (tertiary/aromatic N) is 3. The van der Waals surface area contributed by atoms with Crippen LogP contribution in [0.3, 0.4) is 0 Å². The molecule has 2 atom stereocenters. The van der Waals surface area contributed by atoms with Crippen LogP contribution in [0.5, 0.6) is 0 Å². The maximum Gasteiger partial charge on any atom is 0.326 e. The monoisotopic (exact) mass is 309 g/mol. The number of likely N-dealkylation sites (tertiary alicyclic amines) is 1. The molecule has 9 heteroatoms. The van der Waals surface area contributed by atoms with E-state index in [1.807, 2.05) is 0 Å². The van der Waals surface area contributed by atoms with Crippen LogP contribution in [-0.2, 0) is 9.53 Å². The molecule has 1 aromatic rings. The Balaban J connectivity index is 2.36. The molecule has 2 rings (SSSR count). The van der Waals surface area contributed by atoms with Gasteiger partial charge in [0.05, 0.1) is 22.3 Å².